The normalized spacial score (nSPS) is 11.9. The van der Waals surface area contributed by atoms with E-state index in [-0.39, 0.29) is 11.5 Å². The third kappa shape index (κ3) is 3.22. The number of aromatic nitrogens is 3. The number of benzene rings is 1. The van der Waals surface area contributed by atoms with Gasteiger partial charge in [0.15, 0.2) is 0 Å². The van der Waals surface area contributed by atoms with Crippen molar-refractivity contribution in [2.24, 2.45) is 5.10 Å². The van der Waals surface area contributed by atoms with Gasteiger partial charge in [0.1, 0.15) is 0 Å². The number of carbonyl (C=O) groups is 1. The lowest BCUT2D eigenvalue weighted by Crippen LogP contribution is -2.23. The van der Waals surface area contributed by atoms with Crippen molar-refractivity contribution in [1.29, 1.82) is 0 Å². The number of para-hydroxylation sites is 1. The van der Waals surface area contributed by atoms with Gasteiger partial charge < -0.3 is 0 Å². The molecular formula is C18H15N5O2S2. The highest BCUT2D eigenvalue weighted by Gasteiger charge is 2.18. The van der Waals surface area contributed by atoms with E-state index in [0.717, 1.165) is 10.2 Å². The minimum absolute atomic E-state index is 0.252. The maximum absolute atomic E-state index is 12.9. The number of aromatic amines is 1. The zero-order valence-electron chi connectivity index (χ0n) is 14.5. The van der Waals surface area contributed by atoms with Crippen molar-refractivity contribution in [3.8, 4) is 5.13 Å². The number of fused-ring (bicyclic) bond motifs is 1. The molecule has 9 heteroatoms. The number of H-pyrrole nitrogens is 1. The Bertz CT molecular complexity index is 1180. The first kappa shape index (κ1) is 17.4. The predicted octanol–water partition coefficient (Wildman–Crippen LogP) is 3.30. The number of hydrogen-bond donors (Lipinski definition) is 2. The van der Waals surface area contributed by atoms with Gasteiger partial charge in [0.25, 0.3) is 11.5 Å². The van der Waals surface area contributed by atoms with Crippen LogP contribution in [0.25, 0.3) is 15.3 Å². The maximum atomic E-state index is 12.9. The third-order valence-corrected chi connectivity index (χ3v) is 5.87. The Morgan fingerprint density at radius 3 is 2.81 bits per heavy atom. The summed E-state index contributed by atoms with van der Waals surface area (Å²) < 4.78 is 2.41. The monoisotopic (exact) mass is 397 g/mol. The molecule has 1 amide bonds. The van der Waals surface area contributed by atoms with Crippen molar-refractivity contribution in [2.45, 2.75) is 13.8 Å². The second-order valence-corrected chi connectivity index (χ2v) is 7.79. The molecule has 0 unspecified atom stereocenters. The summed E-state index contributed by atoms with van der Waals surface area (Å²) in [6.07, 6.45) is 0. The molecule has 0 saturated carbocycles. The highest BCUT2D eigenvalue weighted by atomic mass is 32.1. The molecule has 0 atom stereocenters. The fraction of sp³-hybridized carbons (Fsp3) is 0.111. The lowest BCUT2D eigenvalue weighted by molar-refractivity contribution is 0.0959. The standard InChI is InChI=1S/C18H15N5O2S2/c1-10(20-21-16(24)14-8-5-9-26-14)15-11(2)22-23(17(15)25)18-19-12-6-3-4-7-13(12)27-18/h3-9,22H,1-2H3,(H,21,24)/b20-10+. The molecule has 0 spiro atoms. The van der Waals surface area contributed by atoms with Crippen LogP contribution in [0, 0.1) is 6.92 Å². The minimum Gasteiger partial charge on any atom is -0.293 e. The van der Waals surface area contributed by atoms with Gasteiger partial charge in [-0.2, -0.15) is 9.78 Å². The second kappa shape index (κ2) is 6.93. The average Bonchev–Trinajstić information content (AvgIpc) is 3.38. The van der Waals surface area contributed by atoms with Crippen LogP contribution in [0.1, 0.15) is 27.9 Å². The van der Waals surface area contributed by atoms with Crippen LogP contribution in [0.15, 0.2) is 51.7 Å². The summed E-state index contributed by atoms with van der Waals surface area (Å²) in [6, 6.07) is 11.2. The first-order valence-electron chi connectivity index (χ1n) is 8.10. The van der Waals surface area contributed by atoms with Crippen LogP contribution in [0.4, 0.5) is 0 Å². The number of hydrazone groups is 1. The molecular weight excluding hydrogens is 382 g/mol. The molecule has 0 fully saturated rings. The molecule has 0 saturated heterocycles. The van der Waals surface area contributed by atoms with E-state index in [1.807, 2.05) is 29.6 Å². The van der Waals surface area contributed by atoms with Gasteiger partial charge >= 0.3 is 0 Å². The minimum atomic E-state index is -0.302. The molecule has 0 bridgehead atoms. The molecule has 0 radical (unpaired) electrons. The van der Waals surface area contributed by atoms with E-state index < -0.39 is 0 Å². The largest absolute Gasteiger partial charge is 0.293 e. The molecule has 4 rings (SSSR count). The topological polar surface area (TPSA) is 92.1 Å². The van der Waals surface area contributed by atoms with Crippen LogP contribution in [0.5, 0.6) is 0 Å². The first-order chi connectivity index (χ1) is 13.0. The first-order valence-corrected chi connectivity index (χ1v) is 9.80. The molecule has 0 aliphatic heterocycles. The SMILES string of the molecule is C/C(=N\NC(=O)c1cccs1)c1c(C)[nH]n(-c2nc3ccccc3s2)c1=O. The van der Waals surface area contributed by atoms with E-state index in [9.17, 15) is 9.59 Å². The Hall–Kier alpha value is -3.04. The Balaban J connectivity index is 1.67. The van der Waals surface area contributed by atoms with Crippen molar-refractivity contribution < 1.29 is 4.79 Å². The summed E-state index contributed by atoms with van der Waals surface area (Å²) in [4.78, 5) is 30.0. The zero-order valence-corrected chi connectivity index (χ0v) is 16.1. The van der Waals surface area contributed by atoms with Crippen molar-refractivity contribution >= 4 is 44.5 Å². The Morgan fingerprint density at radius 1 is 1.26 bits per heavy atom. The van der Waals surface area contributed by atoms with Crippen LogP contribution in [0.3, 0.4) is 0 Å². The van der Waals surface area contributed by atoms with Crippen LogP contribution in [-0.2, 0) is 0 Å². The van der Waals surface area contributed by atoms with Gasteiger partial charge in [-0.3, -0.25) is 14.7 Å². The fourth-order valence-corrected chi connectivity index (χ4v) is 4.26. The van der Waals surface area contributed by atoms with Crippen molar-refractivity contribution in [3.63, 3.8) is 0 Å². The molecule has 4 aromatic rings. The molecule has 7 nitrogen and oxygen atoms in total. The molecule has 2 N–H and O–H groups in total. The van der Waals surface area contributed by atoms with E-state index >= 15 is 0 Å². The Kier molecular flexibility index (Phi) is 4.46. The molecule has 136 valence electrons. The summed E-state index contributed by atoms with van der Waals surface area (Å²) in [7, 11) is 0. The summed E-state index contributed by atoms with van der Waals surface area (Å²) >= 11 is 2.76. The third-order valence-electron chi connectivity index (χ3n) is 3.98. The van der Waals surface area contributed by atoms with Crippen molar-refractivity contribution in [3.05, 3.63) is 68.3 Å². The number of rotatable bonds is 4. The molecule has 0 aliphatic rings. The van der Waals surface area contributed by atoms with Crippen molar-refractivity contribution in [1.82, 2.24) is 20.2 Å². The van der Waals surface area contributed by atoms with E-state index in [1.165, 1.54) is 27.4 Å². The van der Waals surface area contributed by atoms with Gasteiger partial charge in [-0.1, -0.05) is 29.5 Å². The molecule has 3 heterocycles. The Labute approximate surface area is 162 Å². The number of nitrogens with one attached hydrogen (secondary N) is 2. The summed E-state index contributed by atoms with van der Waals surface area (Å²) in [5.74, 6) is -0.302. The second-order valence-electron chi connectivity index (χ2n) is 5.83. The van der Waals surface area contributed by atoms with Gasteiger partial charge in [0.2, 0.25) is 5.13 Å². The number of nitrogens with zero attached hydrogens (tertiary/aromatic N) is 3. The number of hydrogen-bond acceptors (Lipinski definition) is 6. The summed E-state index contributed by atoms with van der Waals surface area (Å²) in [5, 5.41) is 9.52. The van der Waals surface area contributed by atoms with Gasteiger partial charge in [0, 0.05) is 5.69 Å². The van der Waals surface area contributed by atoms with E-state index in [1.54, 1.807) is 26.0 Å². The number of carbonyl (C=O) groups excluding carboxylic acids is 1. The molecule has 3 aromatic heterocycles. The highest BCUT2D eigenvalue weighted by Crippen LogP contribution is 2.23. The van der Waals surface area contributed by atoms with Crippen molar-refractivity contribution in [2.75, 3.05) is 0 Å². The Morgan fingerprint density at radius 2 is 2.07 bits per heavy atom. The van der Waals surface area contributed by atoms with Gasteiger partial charge in [0.05, 0.1) is 26.4 Å². The highest BCUT2D eigenvalue weighted by molar-refractivity contribution is 7.20. The lowest BCUT2D eigenvalue weighted by atomic mass is 10.2. The molecule has 27 heavy (non-hydrogen) atoms. The average molecular weight is 397 g/mol. The summed E-state index contributed by atoms with van der Waals surface area (Å²) in [6.45, 7) is 3.48. The molecule has 0 aliphatic carbocycles. The number of aryl methyl sites for hydroxylation is 1. The van der Waals surface area contributed by atoms with Gasteiger partial charge in [-0.05, 0) is 37.4 Å². The number of thiazole rings is 1. The predicted molar refractivity (Wildman–Crippen MR) is 108 cm³/mol. The maximum Gasteiger partial charge on any atom is 0.282 e. The number of thiophene rings is 1. The zero-order chi connectivity index (χ0) is 19.0. The van der Waals surface area contributed by atoms with Gasteiger partial charge in [-0.15, -0.1) is 11.3 Å². The van der Waals surface area contributed by atoms with Gasteiger partial charge in [-0.25, -0.2) is 10.4 Å². The van der Waals surface area contributed by atoms with Crippen LogP contribution < -0.4 is 11.0 Å². The smallest absolute Gasteiger partial charge is 0.282 e. The summed E-state index contributed by atoms with van der Waals surface area (Å²) in [5.41, 5.74) is 4.59. The molecule has 1 aromatic carbocycles. The van der Waals surface area contributed by atoms with E-state index in [4.69, 9.17) is 0 Å². The van der Waals surface area contributed by atoms with E-state index in [2.05, 4.69) is 20.6 Å². The quantitative estimate of drug-likeness (QED) is 0.409. The fourth-order valence-electron chi connectivity index (χ4n) is 2.72. The van der Waals surface area contributed by atoms with E-state index in [0.29, 0.717) is 27.0 Å². The van der Waals surface area contributed by atoms with Crippen LogP contribution >= 0.6 is 22.7 Å². The van der Waals surface area contributed by atoms with Crippen LogP contribution in [0.2, 0.25) is 0 Å². The lowest BCUT2D eigenvalue weighted by Gasteiger charge is -1.99. The number of amides is 1. The van der Waals surface area contributed by atoms with Crippen LogP contribution in [-0.4, -0.2) is 26.4 Å².